The van der Waals surface area contributed by atoms with Gasteiger partial charge in [-0.05, 0) is 46.6 Å². The molecule has 3 nitrogen and oxygen atoms in total. The van der Waals surface area contributed by atoms with E-state index >= 15 is 0 Å². The molecule has 0 spiro atoms. The number of nitrogens with zero attached hydrogens (tertiary/aromatic N) is 2. The molecule has 0 saturated heterocycles. The molecule has 4 heteroatoms. The Morgan fingerprint density at radius 2 is 2.11 bits per heavy atom. The number of pyridine rings is 1. The number of hydrogen-bond donors (Lipinski definition) is 0. The molecule has 0 bridgehead atoms. The van der Waals surface area contributed by atoms with Crippen LogP contribution in [0.1, 0.15) is 11.3 Å². The van der Waals surface area contributed by atoms with E-state index in [1.54, 1.807) is 13.2 Å². The quantitative estimate of drug-likeness (QED) is 0.850. The molecule has 0 aliphatic carbocycles. The van der Waals surface area contributed by atoms with E-state index in [2.05, 4.69) is 27.0 Å². The third-order valence-electron chi connectivity index (χ3n) is 2.63. The maximum atomic E-state index is 8.92. The number of methoxy groups -OCH3 is 1. The molecular weight excluding hydrogens is 292 g/mol. The minimum Gasteiger partial charge on any atom is -0.480 e. The van der Waals surface area contributed by atoms with Gasteiger partial charge in [-0.1, -0.05) is 12.1 Å². The lowest BCUT2D eigenvalue weighted by Crippen LogP contribution is -1.94. The lowest BCUT2D eigenvalue weighted by atomic mass is 10.0. The maximum Gasteiger partial charge on any atom is 0.227 e. The van der Waals surface area contributed by atoms with Crippen LogP contribution in [0.3, 0.4) is 0 Å². The summed E-state index contributed by atoms with van der Waals surface area (Å²) in [4.78, 5) is 4.37. The van der Waals surface area contributed by atoms with Crippen molar-refractivity contribution in [1.82, 2.24) is 4.98 Å². The molecule has 0 atom stereocenters. The molecule has 0 aliphatic heterocycles. The number of aromatic nitrogens is 1. The van der Waals surface area contributed by atoms with Crippen molar-refractivity contribution >= 4 is 15.9 Å². The highest BCUT2D eigenvalue weighted by molar-refractivity contribution is 9.10. The van der Waals surface area contributed by atoms with E-state index in [1.165, 1.54) is 0 Å². The normalized spacial score (nSPS) is 9.89. The average molecular weight is 303 g/mol. The molecule has 0 fully saturated rings. The van der Waals surface area contributed by atoms with Gasteiger partial charge < -0.3 is 4.74 Å². The van der Waals surface area contributed by atoms with E-state index in [4.69, 9.17) is 10.00 Å². The summed E-state index contributed by atoms with van der Waals surface area (Å²) in [6, 6.07) is 11.6. The van der Waals surface area contributed by atoms with Crippen molar-refractivity contribution in [2.24, 2.45) is 0 Å². The summed E-state index contributed by atoms with van der Waals surface area (Å²) in [7, 11) is 1.59. The zero-order chi connectivity index (χ0) is 13.1. The molecule has 1 aromatic heterocycles. The number of halogens is 1. The van der Waals surface area contributed by atoms with Crippen LogP contribution in [0.5, 0.6) is 5.88 Å². The Bertz CT molecular complexity index is 632. The minimum atomic E-state index is 0.563. The second-order valence-corrected chi connectivity index (χ2v) is 4.66. The number of nitriles is 1. The van der Waals surface area contributed by atoms with E-state index in [-0.39, 0.29) is 0 Å². The first-order valence-electron chi connectivity index (χ1n) is 5.37. The molecule has 18 heavy (non-hydrogen) atoms. The van der Waals surface area contributed by atoms with Gasteiger partial charge in [0, 0.05) is 11.3 Å². The molecule has 2 aromatic rings. The predicted octanol–water partition coefficient (Wildman–Crippen LogP) is 3.70. The summed E-state index contributed by atoms with van der Waals surface area (Å²) < 4.78 is 5.95. The van der Waals surface area contributed by atoms with Crippen LogP contribution in [0.15, 0.2) is 34.8 Å². The fraction of sp³-hybridized carbons (Fsp3) is 0.143. The van der Waals surface area contributed by atoms with Gasteiger partial charge in [0.15, 0.2) is 0 Å². The lowest BCUT2D eigenvalue weighted by Gasteiger charge is -2.09. The van der Waals surface area contributed by atoms with E-state index < -0.39 is 0 Å². The Morgan fingerprint density at radius 3 is 2.78 bits per heavy atom. The molecule has 0 unspecified atom stereocenters. The van der Waals surface area contributed by atoms with E-state index in [0.717, 1.165) is 21.3 Å². The summed E-state index contributed by atoms with van der Waals surface area (Å²) in [5.41, 5.74) is 3.46. The fourth-order valence-electron chi connectivity index (χ4n) is 1.75. The minimum absolute atomic E-state index is 0.563. The first-order valence-corrected chi connectivity index (χ1v) is 6.16. The standard InChI is InChI=1S/C14H11BrN2O/c1-9-12(7-13(15)14(17-9)18-2)11-5-3-4-10(6-11)8-16/h3-7H,1-2H3. The third kappa shape index (κ3) is 2.36. The predicted molar refractivity (Wildman–Crippen MR) is 73.4 cm³/mol. The zero-order valence-electron chi connectivity index (χ0n) is 10.1. The summed E-state index contributed by atoms with van der Waals surface area (Å²) in [6.07, 6.45) is 0. The van der Waals surface area contributed by atoms with Gasteiger partial charge in [-0.3, -0.25) is 0 Å². The topological polar surface area (TPSA) is 45.9 Å². The highest BCUT2D eigenvalue weighted by atomic mass is 79.9. The first kappa shape index (κ1) is 12.6. The van der Waals surface area contributed by atoms with Crippen LogP contribution in [0, 0.1) is 18.3 Å². The van der Waals surface area contributed by atoms with Crippen LogP contribution in [0.4, 0.5) is 0 Å². The number of benzene rings is 1. The third-order valence-corrected chi connectivity index (χ3v) is 3.20. The van der Waals surface area contributed by atoms with Crippen LogP contribution in [-0.2, 0) is 0 Å². The molecular formula is C14H11BrN2O. The second-order valence-electron chi connectivity index (χ2n) is 3.81. The molecule has 2 rings (SSSR count). The summed E-state index contributed by atoms with van der Waals surface area (Å²) in [6.45, 7) is 1.92. The number of rotatable bonds is 2. The van der Waals surface area contributed by atoms with Gasteiger partial charge in [-0.2, -0.15) is 5.26 Å². The highest BCUT2D eigenvalue weighted by Crippen LogP contribution is 2.31. The van der Waals surface area contributed by atoms with Gasteiger partial charge in [0.05, 0.1) is 23.2 Å². The van der Waals surface area contributed by atoms with Gasteiger partial charge in [-0.15, -0.1) is 0 Å². The molecule has 1 heterocycles. The van der Waals surface area contributed by atoms with Crippen molar-refractivity contribution in [3.05, 3.63) is 46.1 Å². The van der Waals surface area contributed by atoms with Crippen molar-refractivity contribution in [3.8, 4) is 23.1 Å². The Morgan fingerprint density at radius 1 is 1.33 bits per heavy atom. The largest absolute Gasteiger partial charge is 0.480 e. The smallest absolute Gasteiger partial charge is 0.227 e. The Labute approximate surface area is 114 Å². The van der Waals surface area contributed by atoms with Crippen molar-refractivity contribution < 1.29 is 4.74 Å². The maximum absolute atomic E-state index is 8.92. The van der Waals surface area contributed by atoms with Crippen LogP contribution in [0.2, 0.25) is 0 Å². The monoisotopic (exact) mass is 302 g/mol. The Kier molecular flexibility index (Phi) is 3.63. The number of aryl methyl sites for hydroxylation is 1. The molecule has 1 aromatic carbocycles. The highest BCUT2D eigenvalue weighted by Gasteiger charge is 2.09. The summed E-state index contributed by atoms with van der Waals surface area (Å²) in [5.74, 6) is 0.563. The summed E-state index contributed by atoms with van der Waals surface area (Å²) >= 11 is 3.42. The van der Waals surface area contributed by atoms with Crippen molar-refractivity contribution in [3.63, 3.8) is 0 Å². The molecule has 0 amide bonds. The van der Waals surface area contributed by atoms with E-state index in [0.29, 0.717) is 11.4 Å². The van der Waals surface area contributed by atoms with Gasteiger partial charge in [0.1, 0.15) is 0 Å². The van der Waals surface area contributed by atoms with Crippen molar-refractivity contribution in [1.29, 1.82) is 5.26 Å². The van der Waals surface area contributed by atoms with Crippen LogP contribution in [-0.4, -0.2) is 12.1 Å². The molecule has 0 aliphatic rings. The van der Waals surface area contributed by atoms with Crippen molar-refractivity contribution in [2.45, 2.75) is 6.92 Å². The average Bonchev–Trinajstić information content (AvgIpc) is 2.41. The van der Waals surface area contributed by atoms with Gasteiger partial charge in [-0.25, -0.2) is 4.98 Å². The molecule has 0 saturated carbocycles. The summed E-state index contributed by atoms with van der Waals surface area (Å²) in [5, 5.41) is 8.92. The van der Waals surface area contributed by atoms with Crippen LogP contribution < -0.4 is 4.74 Å². The first-order chi connectivity index (χ1) is 8.65. The van der Waals surface area contributed by atoms with Crippen LogP contribution in [0.25, 0.3) is 11.1 Å². The van der Waals surface area contributed by atoms with E-state index in [9.17, 15) is 0 Å². The Balaban J connectivity index is 2.57. The van der Waals surface area contributed by atoms with Gasteiger partial charge in [0.2, 0.25) is 5.88 Å². The van der Waals surface area contributed by atoms with Gasteiger partial charge >= 0.3 is 0 Å². The fourth-order valence-corrected chi connectivity index (χ4v) is 2.23. The molecule has 0 N–H and O–H groups in total. The van der Waals surface area contributed by atoms with Crippen LogP contribution >= 0.6 is 15.9 Å². The molecule has 0 radical (unpaired) electrons. The van der Waals surface area contributed by atoms with E-state index in [1.807, 2.05) is 31.2 Å². The number of hydrogen-bond acceptors (Lipinski definition) is 3. The molecule has 90 valence electrons. The lowest BCUT2D eigenvalue weighted by molar-refractivity contribution is 0.394. The van der Waals surface area contributed by atoms with Gasteiger partial charge in [0.25, 0.3) is 0 Å². The van der Waals surface area contributed by atoms with Crippen molar-refractivity contribution in [2.75, 3.05) is 7.11 Å². The Hall–Kier alpha value is -1.86. The zero-order valence-corrected chi connectivity index (χ0v) is 11.7. The number of ether oxygens (including phenoxy) is 1. The second kappa shape index (κ2) is 5.19. The SMILES string of the molecule is COc1nc(C)c(-c2cccc(C#N)c2)cc1Br.